The highest BCUT2D eigenvalue weighted by molar-refractivity contribution is 5.30. The highest BCUT2D eigenvalue weighted by Crippen LogP contribution is 2.21. The van der Waals surface area contributed by atoms with E-state index < -0.39 is 18.8 Å². The van der Waals surface area contributed by atoms with Crippen molar-refractivity contribution in [1.29, 1.82) is 0 Å². The van der Waals surface area contributed by atoms with E-state index in [2.05, 4.69) is 4.74 Å². The standard InChI is InChI=1S/C10H12F3NO/c1-6(14)7-2-3-9(8(11)4-7)15-5-10(12)13/h2-4,6,10H,5,14H2,1H3/t6-/m0/s1. The maximum absolute atomic E-state index is 13.2. The summed E-state index contributed by atoms with van der Waals surface area (Å²) in [5.74, 6) is -0.856. The van der Waals surface area contributed by atoms with Gasteiger partial charge in [-0.2, -0.15) is 0 Å². The van der Waals surface area contributed by atoms with Crippen molar-refractivity contribution in [3.05, 3.63) is 29.6 Å². The average Bonchev–Trinajstić information content (AvgIpc) is 2.15. The predicted molar refractivity (Wildman–Crippen MR) is 50.5 cm³/mol. The summed E-state index contributed by atoms with van der Waals surface area (Å²) in [5.41, 5.74) is 6.12. The van der Waals surface area contributed by atoms with Gasteiger partial charge >= 0.3 is 0 Å². The topological polar surface area (TPSA) is 35.2 Å². The van der Waals surface area contributed by atoms with Gasteiger partial charge in [0.15, 0.2) is 11.6 Å². The molecule has 84 valence electrons. The molecule has 0 unspecified atom stereocenters. The summed E-state index contributed by atoms with van der Waals surface area (Å²) in [6.45, 7) is 0.892. The third-order valence-corrected chi connectivity index (χ3v) is 1.85. The maximum Gasteiger partial charge on any atom is 0.272 e. The molecule has 0 amide bonds. The maximum atomic E-state index is 13.2. The van der Waals surface area contributed by atoms with Gasteiger partial charge in [0.25, 0.3) is 6.43 Å². The van der Waals surface area contributed by atoms with Crippen LogP contribution in [-0.2, 0) is 0 Å². The first-order chi connectivity index (χ1) is 7.00. The van der Waals surface area contributed by atoms with Crippen LogP contribution in [0.2, 0.25) is 0 Å². The summed E-state index contributed by atoms with van der Waals surface area (Å²) in [4.78, 5) is 0. The van der Waals surface area contributed by atoms with Crippen LogP contribution in [-0.4, -0.2) is 13.0 Å². The van der Waals surface area contributed by atoms with Gasteiger partial charge in [0.2, 0.25) is 0 Å². The zero-order valence-electron chi connectivity index (χ0n) is 8.21. The molecule has 1 atom stereocenters. The molecule has 1 aromatic carbocycles. The van der Waals surface area contributed by atoms with Crippen LogP contribution in [0.1, 0.15) is 18.5 Å². The van der Waals surface area contributed by atoms with Crippen LogP contribution >= 0.6 is 0 Å². The fourth-order valence-corrected chi connectivity index (χ4v) is 1.07. The molecule has 15 heavy (non-hydrogen) atoms. The molecule has 0 saturated carbocycles. The Kier molecular flexibility index (Phi) is 3.96. The molecule has 0 aliphatic rings. The van der Waals surface area contributed by atoms with Crippen LogP contribution in [0.5, 0.6) is 5.75 Å². The summed E-state index contributed by atoms with van der Waals surface area (Å²) >= 11 is 0. The summed E-state index contributed by atoms with van der Waals surface area (Å²) in [6.07, 6.45) is -2.61. The van der Waals surface area contributed by atoms with E-state index in [0.29, 0.717) is 5.56 Å². The molecule has 2 N–H and O–H groups in total. The minimum absolute atomic E-state index is 0.181. The minimum atomic E-state index is -2.61. The van der Waals surface area contributed by atoms with Gasteiger partial charge in [0, 0.05) is 6.04 Å². The van der Waals surface area contributed by atoms with E-state index in [-0.39, 0.29) is 11.8 Å². The van der Waals surface area contributed by atoms with Gasteiger partial charge in [-0.25, -0.2) is 13.2 Å². The predicted octanol–water partition coefficient (Wildman–Crippen LogP) is 2.49. The van der Waals surface area contributed by atoms with Crippen molar-refractivity contribution in [1.82, 2.24) is 0 Å². The molecule has 0 radical (unpaired) electrons. The Bertz CT molecular complexity index is 328. The van der Waals surface area contributed by atoms with Gasteiger partial charge in [-0.05, 0) is 24.6 Å². The number of halogens is 3. The Morgan fingerprint density at radius 2 is 2.07 bits per heavy atom. The zero-order chi connectivity index (χ0) is 11.4. The van der Waals surface area contributed by atoms with Crippen LogP contribution in [0.4, 0.5) is 13.2 Å². The highest BCUT2D eigenvalue weighted by Gasteiger charge is 2.09. The van der Waals surface area contributed by atoms with Crippen molar-refractivity contribution in [2.75, 3.05) is 6.61 Å². The fraction of sp³-hybridized carbons (Fsp3) is 0.400. The molecular formula is C10H12F3NO. The van der Waals surface area contributed by atoms with Crippen molar-refractivity contribution >= 4 is 0 Å². The molecule has 0 aliphatic carbocycles. The molecule has 0 aliphatic heterocycles. The monoisotopic (exact) mass is 219 g/mol. The molecule has 0 aromatic heterocycles. The fourth-order valence-electron chi connectivity index (χ4n) is 1.07. The lowest BCUT2D eigenvalue weighted by molar-refractivity contribution is 0.0799. The van der Waals surface area contributed by atoms with Crippen LogP contribution in [0, 0.1) is 5.82 Å². The smallest absolute Gasteiger partial charge is 0.272 e. The normalized spacial score (nSPS) is 12.9. The molecule has 0 spiro atoms. The molecule has 0 fully saturated rings. The lowest BCUT2D eigenvalue weighted by Gasteiger charge is -2.09. The van der Waals surface area contributed by atoms with Crippen LogP contribution in [0.15, 0.2) is 18.2 Å². The van der Waals surface area contributed by atoms with E-state index in [0.717, 1.165) is 0 Å². The van der Waals surface area contributed by atoms with E-state index in [1.807, 2.05) is 0 Å². The van der Waals surface area contributed by atoms with Crippen molar-refractivity contribution in [3.8, 4) is 5.75 Å². The van der Waals surface area contributed by atoms with Gasteiger partial charge in [-0.1, -0.05) is 6.07 Å². The summed E-state index contributed by atoms with van der Waals surface area (Å²) in [5, 5.41) is 0. The highest BCUT2D eigenvalue weighted by atomic mass is 19.3. The molecule has 0 heterocycles. The number of ether oxygens (including phenoxy) is 1. The summed E-state index contributed by atoms with van der Waals surface area (Å²) in [6, 6.07) is 3.74. The number of hydrogen-bond donors (Lipinski definition) is 1. The van der Waals surface area contributed by atoms with Crippen molar-refractivity contribution in [2.24, 2.45) is 5.73 Å². The number of benzene rings is 1. The van der Waals surface area contributed by atoms with Crippen molar-refractivity contribution in [3.63, 3.8) is 0 Å². The van der Waals surface area contributed by atoms with Crippen molar-refractivity contribution in [2.45, 2.75) is 19.4 Å². The Hall–Kier alpha value is -1.23. The van der Waals surface area contributed by atoms with E-state index in [9.17, 15) is 13.2 Å². The number of alkyl halides is 2. The lowest BCUT2D eigenvalue weighted by Crippen LogP contribution is -2.09. The van der Waals surface area contributed by atoms with Gasteiger partial charge < -0.3 is 10.5 Å². The summed E-state index contributed by atoms with van der Waals surface area (Å²) in [7, 11) is 0. The van der Waals surface area contributed by atoms with Gasteiger partial charge in [0.1, 0.15) is 6.61 Å². The second-order valence-electron chi connectivity index (χ2n) is 3.18. The Morgan fingerprint density at radius 1 is 1.40 bits per heavy atom. The van der Waals surface area contributed by atoms with Crippen LogP contribution < -0.4 is 10.5 Å². The number of rotatable bonds is 4. The molecular weight excluding hydrogens is 207 g/mol. The second kappa shape index (κ2) is 5.02. The van der Waals surface area contributed by atoms with Crippen LogP contribution in [0.3, 0.4) is 0 Å². The second-order valence-corrected chi connectivity index (χ2v) is 3.18. The largest absolute Gasteiger partial charge is 0.485 e. The molecule has 2 nitrogen and oxygen atoms in total. The summed E-state index contributed by atoms with van der Waals surface area (Å²) < 4.78 is 41.4. The van der Waals surface area contributed by atoms with Crippen LogP contribution in [0.25, 0.3) is 0 Å². The molecule has 1 aromatic rings. The molecule has 5 heteroatoms. The van der Waals surface area contributed by atoms with E-state index in [1.165, 1.54) is 12.1 Å². The van der Waals surface area contributed by atoms with Crippen molar-refractivity contribution < 1.29 is 17.9 Å². The first-order valence-electron chi connectivity index (χ1n) is 4.46. The van der Waals surface area contributed by atoms with E-state index >= 15 is 0 Å². The average molecular weight is 219 g/mol. The molecule has 0 saturated heterocycles. The van der Waals surface area contributed by atoms with E-state index in [1.54, 1.807) is 13.0 Å². The number of hydrogen-bond acceptors (Lipinski definition) is 2. The van der Waals surface area contributed by atoms with Gasteiger partial charge in [-0.3, -0.25) is 0 Å². The third kappa shape index (κ3) is 3.43. The third-order valence-electron chi connectivity index (χ3n) is 1.85. The Morgan fingerprint density at radius 3 is 2.53 bits per heavy atom. The Balaban J connectivity index is 2.75. The van der Waals surface area contributed by atoms with Gasteiger partial charge in [0.05, 0.1) is 0 Å². The van der Waals surface area contributed by atoms with E-state index in [4.69, 9.17) is 5.73 Å². The number of nitrogens with two attached hydrogens (primary N) is 1. The molecule has 1 rings (SSSR count). The Labute approximate surface area is 85.8 Å². The minimum Gasteiger partial charge on any atom is -0.485 e. The van der Waals surface area contributed by atoms with Gasteiger partial charge in [-0.15, -0.1) is 0 Å². The first kappa shape index (κ1) is 11.8. The quantitative estimate of drug-likeness (QED) is 0.844. The SMILES string of the molecule is C[C@H](N)c1ccc(OCC(F)F)c(F)c1. The lowest BCUT2D eigenvalue weighted by atomic mass is 10.1. The first-order valence-corrected chi connectivity index (χ1v) is 4.46. The zero-order valence-corrected chi connectivity index (χ0v) is 8.21. The molecule has 0 bridgehead atoms.